The van der Waals surface area contributed by atoms with Crippen molar-refractivity contribution in [3.05, 3.63) is 18.0 Å². The topological polar surface area (TPSA) is 33.1 Å². The van der Waals surface area contributed by atoms with Gasteiger partial charge in [0.05, 0.1) is 5.69 Å². The molecular weight excluding hydrogens is 260 g/mol. The van der Waals surface area contributed by atoms with Gasteiger partial charge in [0.1, 0.15) is 0 Å². The Morgan fingerprint density at radius 1 is 1.38 bits per heavy atom. The van der Waals surface area contributed by atoms with E-state index in [1.807, 2.05) is 0 Å². The first-order chi connectivity index (χ1) is 10.3. The van der Waals surface area contributed by atoms with Crippen LogP contribution < -0.4 is 5.32 Å². The van der Waals surface area contributed by atoms with Crippen LogP contribution in [0.25, 0.3) is 0 Å². The second-order valence-corrected chi connectivity index (χ2v) is 6.85. The Morgan fingerprint density at radius 3 is 2.90 bits per heavy atom. The first-order valence-corrected chi connectivity index (χ1v) is 8.77. The van der Waals surface area contributed by atoms with Crippen LogP contribution >= 0.6 is 0 Å². The van der Waals surface area contributed by atoms with E-state index in [9.17, 15) is 0 Å². The van der Waals surface area contributed by atoms with Gasteiger partial charge in [-0.1, -0.05) is 13.3 Å². The maximum Gasteiger partial charge on any atom is 0.0765 e. The predicted molar refractivity (Wildman–Crippen MR) is 86.3 cm³/mol. The Balaban J connectivity index is 1.58. The van der Waals surface area contributed by atoms with Gasteiger partial charge in [-0.05, 0) is 51.6 Å². The van der Waals surface area contributed by atoms with Crippen molar-refractivity contribution in [3.8, 4) is 0 Å². The lowest BCUT2D eigenvalue weighted by molar-refractivity contribution is 0.205. The van der Waals surface area contributed by atoms with E-state index < -0.39 is 0 Å². The molecule has 1 aliphatic carbocycles. The Morgan fingerprint density at radius 2 is 2.24 bits per heavy atom. The molecule has 4 heteroatoms. The molecule has 0 amide bonds. The maximum absolute atomic E-state index is 4.78. The summed E-state index contributed by atoms with van der Waals surface area (Å²) < 4.78 is 2.12. The van der Waals surface area contributed by atoms with Crippen LogP contribution in [-0.4, -0.2) is 39.9 Å². The summed E-state index contributed by atoms with van der Waals surface area (Å²) in [6, 6.07) is 4.21. The standard InChI is InChI=1S/C17H30N4/c1-3-14(2)21-11-9-16(19-21)13-20(17-7-8-17)12-15-6-4-5-10-18-15/h9,11,14-15,17-18H,3-8,10,12-13H2,1-2H3. The molecule has 21 heavy (non-hydrogen) atoms. The molecule has 1 N–H and O–H groups in total. The summed E-state index contributed by atoms with van der Waals surface area (Å²) in [5.41, 5.74) is 1.23. The fourth-order valence-corrected chi connectivity index (χ4v) is 3.25. The molecule has 2 heterocycles. The summed E-state index contributed by atoms with van der Waals surface area (Å²) in [5, 5.41) is 8.46. The molecule has 3 rings (SSSR count). The highest BCUT2D eigenvalue weighted by Crippen LogP contribution is 2.29. The number of hydrogen-bond donors (Lipinski definition) is 1. The van der Waals surface area contributed by atoms with Gasteiger partial charge in [0, 0.05) is 37.4 Å². The minimum Gasteiger partial charge on any atom is -0.313 e. The molecule has 1 aromatic heterocycles. The van der Waals surface area contributed by atoms with Crippen LogP contribution in [0.3, 0.4) is 0 Å². The third-order valence-corrected chi connectivity index (χ3v) is 5.00. The molecule has 1 aromatic rings. The average Bonchev–Trinajstić information content (AvgIpc) is 3.26. The molecule has 1 saturated carbocycles. The molecule has 2 aliphatic rings. The summed E-state index contributed by atoms with van der Waals surface area (Å²) in [7, 11) is 0. The zero-order chi connectivity index (χ0) is 14.7. The zero-order valence-corrected chi connectivity index (χ0v) is 13.6. The van der Waals surface area contributed by atoms with E-state index in [1.165, 1.54) is 50.9 Å². The monoisotopic (exact) mass is 290 g/mol. The molecule has 1 saturated heterocycles. The van der Waals surface area contributed by atoms with Gasteiger partial charge in [-0.3, -0.25) is 9.58 Å². The van der Waals surface area contributed by atoms with E-state index in [-0.39, 0.29) is 0 Å². The Hall–Kier alpha value is -0.870. The molecule has 0 radical (unpaired) electrons. The number of rotatable bonds is 7. The Labute approximate surface area is 128 Å². The van der Waals surface area contributed by atoms with E-state index in [1.54, 1.807) is 0 Å². The lowest BCUT2D eigenvalue weighted by Gasteiger charge is -2.30. The fourth-order valence-electron chi connectivity index (χ4n) is 3.25. The lowest BCUT2D eigenvalue weighted by atomic mass is 10.0. The summed E-state index contributed by atoms with van der Waals surface area (Å²) in [6.07, 6.45) is 10.1. The van der Waals surface area contributed by atoms with E-state index >= 15 is 0 Å². The van der Waals surface area contributed by atoms with Gasteiger partial charge in [-0.2, -0.15) is 5.10 Å². The van der Waals surface area contributed by atoms with Crippen molar-refractivity contribution in [2.45, 2.75) is 77.0 Å². The van der Waals surface area contributed by atoms with Crippen LogP contribution in [-0.2, 0) is 6.54 Å². The molecule has 2 atom stereocenters. The zero-order valence-electron chi connectivity index (χ0n) is 13.6. The minimum absolute atomic E-state index is 0.508. The van der Waals surface area contributed by atoms with Crippen LogP contribution in [0.4, 0.5) is 0 Å². The van der Waals surface area contributed by atoms with Gasteiger partial charge in [-0.25, -0.2) is 0 Å². The van der Waals surface area contributed by atoms with E-state index in [0.717, 1.165) is 19.0 Å². The van der Waals surface area contributed by atoms with Gasteiger partial charge >= 0.3 is 0 Å². The molecule has 4 nitrogen and oxygen atoms in total. The van der Waals surface area contributed by atoms with Crippen LogP contribution in [0.15, 0.2) is 12.3 Å². The molecule has 1 aliphatic heterocycles. The fraction of sp³-hybridized carbons (Fsp3) is 0.824. The second-order valence-electron chi connectivity index (χ2n) is 6.85. The van der Waals surface area contributed by atoms with Crippen molar-refractivity contribution in [2.75, 3.05) is 13.1 Å². The van der Waals surface area contributed by atoms with Crippen LogP contribution in [0.2, 0.25) is 0 Å². The second kappa shape index (κ2) is 6.93. The van der Waals surface area contributed by atoms with Crippen LogP contribution in [0.1, 0.15) is 64.1 Å². The quantitative estimate of drug-likeness (QED) is 0.838. The number of nitrogens with zero attached hydrogens (tertiary/aromatic N) is 3. The van der Waals surface area contributed by atoms with Crippen molar-refractivity contribution in [3.63, 3.8) is 0 Å². The predicted octanol–water partition coefficient (Wildman–Crippen LogP) is 2.96. The van der Waals surface area contributed by atoms with Gasteiger partial charge in [0.15, 0.2) is 0 Å². The summed E-state index contributed by atoms with van der Waals surface area (Å²) in [4.78, 5) is 2.66. The molecular formula is C17H30N4. The van der Waals surface area contributed by atoms with Crippen molar-refractivity contribution in [1.29, 1.82) is 0 Å². The highest BCUT2D eigenvalue weighted by molar-refractivity contribution is 5.02. The van der Waals surface area contributed by atoms with E-state index in [0.29, 0.717) is 12.1 Å². The van der Waals surface area contributed by atoms with Gasteiger partial charge < -0.3 is 5.32 Å². The molecule has 0 bridgehead atoms. The first kappa shape index (κ1) is 15.0. The Kier molecular flexibility index (Phi) is 4.96. The van der Waals surface area contributed by atoms with Crippen molar-refractivity contribution in [1.82, 2.24) is 20.0 Å². The Bertz CT molecular complexity index is 432. The number of aromatic nitrogens is 2. The average molecular weight is 290 g/mol. The van der Waals surface area contributed by atoms with Crippen molar-refractivity contribution < 1.29 is 0 Å². The molecule has 2 fully saturated rings. The number of piperidine rings is 1. The third-order valence-electron chi connectivity index (χ3n) is 5.00. The third kappa shape index (κ3) is 4.07. The number of nitrogens with one attached hydrogen (secondary N) is 1. The maximum atomic E-state index is 4.78. The smallest absolute Gasteiger partial charge is 0.0765 e. The van der Waals surface area contributed by atoms with Gasteiger partial charge in [0.25, 0.3) is 0 Å². The molecule has 118 valence electrons. The molecule has 0 spiro atoms. The van der Waals surface area contributed by atoms with E-state index in [2.05, 4.69) is 41.0 Å². The largest absolute Gasteiger partial charge is 0.313 e. The SMILES string of the molecule is CCC(C)n1ccc(CN(CC2CCCCN2)C2CC2)n1. The minimum atomic E-state index is 0.508. The summed E-state index contributed by atoms with van der Waals surface area (Å²) >= 11 is 0. The molecule has 2 unspecified atom stereocenters. The van der Waals surface area contributed by atoms with Crippen LogP contribution in [0, 0.1) is 0 Å². The highest BCUT2D eigenvalue weighted by atomic mass is 15.3. The highest BCUT2D eigenvalue weighted by Gasteiger charge is 2.31. The van der Waals surface area contributed by atoms with Crippen LogP contribution in [0.5, 0.6) is 0 Å². The lowest BCUT2D eigenvalue weighted by Crippen LogP contribution is -2.44. The first-order valence-electron chi connectivity index (χ1n) is 8.77. The van der Waals surface area contributed by atoms with Crippen molar-refractivity contribution >= 4 is 0 Å². The van der Waals surface area contributed by atoms with Crippen molar-refractivity contribution in [2.24, 2.45) is 0 Å². The van der Waals surface area contributed by atoms with Gasteiger partial charge in [-0.15, -0.1) is 0 Å². The normalized spacial score (nSPS) is 24.4. The molecule has 0 aromatic carbocycles. The number of hydrogen-bond acceptors (Lipinski definition) is 3. The summed E-state index contributed by atoms with van der Waals surface area (Å²) in [6.45, 7) is 7.87. The van der Waals surface area contributed by atoms with Gasteiger partial charge in [0.2, 0.25) is 0 Å². The summed E-state index contributed by atoms with van der Waals surface area (Å²) in [5.74, 6) is 0. The van der Waals surface area contributed by atoms with E-state index in [4.69, 9.17) is 5.10 Å².